The van der Waals surface area contributed by atoms with E-state index in [4.69, 9.17) is 9.72 Å². The average molecular weight is 433 g/mol. The second-order valence-corrected chi connectivity index (χ2v) is 9.02. The maximum atomic E-state index is 9.70. The monoisotopic (exact) mass is 432 g/mol. The van der Waals surface area contributed by atoms with Gasteiger partial charge in [0.2, 0.25) is 0 Å². The van der Waals surface area contributed by atoms with Crippen LogP contribution in [0.25, 0.3) is 16.7 Å². The summed E-state index contributed by atoms with van der Waals surface area (Å²) in [6, 6.07) is 18.9. The van der Waals surface area contributed by atoms with Crippen molar-refractivity contribution in [2.75, 3.05) is 0 Å². The standard InChI is InChI=1S/C28H24N4O/c1-17-11-12-30-28-26(17)31-27(20-8-9-20)32(28)15-19-7-10-22-21(13-19)16-33-24-6-4-3-5-23(24)25(22)18(2)14-29/h3-7,10-13,20H,8-9,15-16H2,1-2H3. The first-order valence-corrected chi connectivity index (χ1v) is 11.4. The Balaban J connectivity index is 1.46. The lowest BCUT2D eigenvalue weighted by Gasteiger charge is -2.14. The van der Waals surface area contributed by atoms with E-state index in [-0.39, 0.29) is 0 Å². The zero-order chi connectivity index (χ0) is 22.5. The number of ether oxygens (including phenoxy) is 1. The Labute approximate surface area is 193 Å². The van der Waals surface area contributed by atoms with Crippen LogP contribution in [0.15, 0.2) is 60.3 Å². The zero-order valence-corrected chi connectivity index (χ0v) is 18.8. The highest BCUT2D eigenvalue weighted by molar-refractivity contribution is 5.88. The van der Waals surface area contributed by atoms with Crippen LogP contribution in [0.2, 0.25) is 0 Å². The van der Waals surface area contributed by atoms with Crippen molar-refractivity contribution < 1.29 is 4.74 Å². The van der Waals surface area contributed by atoms with Crippen molar-refractivity contribution in [2.45, 2.75) is 45.8 Å². The molecule has 1 fully saturated rings. The van der Waals surface area contributed by atoms with Gasteiger partial charge in [0.1, 0.15) is 23.7 Å². The van der Waals surface area contributed by atoms with Crippen molar-refractivity contribution in [1.29, 1.82) is 5.26 Å². The van der Waals surface area contributed by atoms with Crippen molar-refractivity contribution in [3.8, 4) is 11.8 Å². The summed E-state index contributed by atoms with van der Waals surface area (Å²) in [5.41, 5.74) is 9.08. The molecule has 3 heterocycles. The third kappa shape index (κ3) is 3.30. The van der Waals surface area contributed by atoms with Gasteiger partial charge in [-0.2, -0.15) is 5.26 Å². The Hall–Kier alpha value is -3.91. The lowest BCUT2D eigenvalue weighted by molar-refractivity contribution is 0.307. The number of imidazole rings is 1. The molecular weight excluding hydrogens is 408 g/mol. The molecule has 0 saturated heterocycles. The molecule has 0 N–H and O–H groups in total. The van der Waals surface area contributed by atoms with Crippen LogP contribution in [0.1, 0.15) is 59.3 Å². The summed E-state index contributed by atoms with van der Waals surface area (Å²) in [4.78, 5) is 9.66. The molecule has 0 amide bonds. The molecule has 2 aromatic heterocycles. The first kappa shape index (κ1) is 19.8. The summed E-state index contributed by atoms with van der Waals surface area (Å²) in [5, 5.41) is 9.70. The van der Waals surface area contributed by atoms with Gasteiger partial charge in [-0.1, -0.05) is 30.3 Å². The summed E-state index contributed by atoms with van der Waals surface area (Å²) in [7, 11) is 0. The lowest BCUT2D eigenvalue weighted by atomic mass is 9.90. The van der Waals surface area contributed by atoms with Crippen molar-refractivity contribution in [3.05, 3.63) is 93.9 Å². The summed E-state index contributed by atoms with van der Waals surface area (Å²) >= 11 is 0. The van der Waals surface area contributed by atoms with Gasteiger partial charge in [0.05, 0.1) is 12.6 Å². The second kappa shape index (κ2) is 7.60. The Kier molecular flexibility index (Phi) is 4.55. The fraction of sp³-hybridized carbons (Fsp3) is 0.250. The van der Waals surface area contributed by atoms with Gasteiger partial charge < -0.3 is 9.30 Å². The maximum Gasteiger partial charge on any atom is 0.160 e. The molecule has 162 valence electrons. The van der Waals surface area contributed by atoms with Crippen LogP contribution in [0.4, 0.5) is 0 Å². The molecule has 2 aliphatic rings. The smallest absolute Gasteiger partial charge is 0.160 e. The molecule has 0 spiro atoms. The first-order valence-electron chi connectivity index (χ1n) is 11.4. The molecule has 1 aliphatic carbocycles. The largest absolute Gasteiger partial charge is 0.488 e. The van der Waals surface area contributed by atoms with E-state index in [1.54, 1.807) is 0 Å². The fourth-order valence-corrected chi connectivity index (χ4v) is 4.82. The minimum Gasteiger partial charge on any atom is -0.488 e. The number of aryl methyl sites for hydroxylation is 1. The van der Waals surface area contributed by atoms with E-state index >= 15 is 0 Å². The van der Waals surface area contributed by atoms with Gasteiger partial charge in [-0.3, -0.25) is 0 Å². The van der Waals surface area contributed by atoms with E-state index in [0.29, 0.717) is 18.1 Å². The second-order valence-electron chi connectivity index (χ2n) is 9.02. The number of nitrogens with zero attached hydrogens (tertiary/aromatic N) is 4. The summed E-state index contributed by atoms with van der Waals surface area (Å²) < 4.78 is 8.46. The van der Waals surface area contributed by atoms with Gasteiger partial charge in [0, 0.05) is 28.8 Å². The van der Waals surface area contributed by atoms with E-state index in [1.165, 1.54) is 18.4 Å². The van der Waals surface area contributed by atoms with Crippen LogP contribution in [0, 0.1) is 18.3 Å². The molecule has 2 aromatic carbocycles. The Morgan fingerprint density at radius 2 is 2.00 bits per heavy atom. The molecule has 0 radical (unpaired) electrons. The maximum absolute atomic E-state index is 9.70. The molecule has 1 aliphatic heterocycles. The molecule has 6 rings (SSSR count). The Bertz CT molecular complexity index is 1480. The van der Waals surface area contributed by atoms with Crippen LogP contribution in [0.3, 0.4) is 0 Å². The molecule has 5 nitrogen and oxygen atoms in total. The number of aromatic nitrogens is 3. The molecule has 0 unspecified atom stereocenters. The Morgan fingerprint density at radius 1 is 1.15 bits per heavy atom. The van der Waals surface area contributed by atoms with Gasteiger partial charge in [-0.05, 0) is 67.1 Å². The number of allylic oxidation sites excluding steroid dienone is 1. The number of hydrogen-bond donors (Lipinski definition) is 0. The SMILES string of the molecule is CC(C#N)=C1c2ccc(Cn3c(C4CC4)nc4c(C)ccnc43)cc2COc2ccccc21. The normalized spacial score (nSPS) is 16.4. The van der Waals surface area contributed by atoms with E-state index < -0.39 is 0 Å². The minimum absolute atomic E-state index is 0.472. The Morgan fingerprint density at radius 3 is 2.82 bits per heavy atom. The predicted octanol–water partition coefficient (Wildman–Crippen LogP) is 5.90. The summed E-state index contributed by atoms with van der Waals surface area (Å²) in [6.07, 6.45) is 4.26. The van der Waals surface area contributed by atoms with Gasteiger partial charge in [-0.25, -0.2) is 9.97 Å². The molecule has 1 saturated carbocycles. The highest BCUT2D eigenvalue weighted by Crippen LogP contribution is 2.42. The minimum atomic E-state index is 0.472. The van der Waals surface area contributed by atoms with E-state index in [2.05, 4.69) is 40.7 Å². The van der Waals surface area contributed by atoms with Crippen molar-refractivity contribution in [3.63, 3.8) is 0 Å². The molecule has 33 heavy (non-hydrogen) atoms. The van der Waals surface area contributed by atoms with Crippen LogP contribution in [-0.4, -0.2) is 14.5 Å². The summed E-state index contributed by atoms with van der Waals surface area (Å²) in [6.45, 7) is 5.17. The van der Waals surface area contributed by atoms with Gasteiger partial charge in [0.15, 0.2) is 5.65 Å². The number of benzene rings is 2. The average Bonchev–Trinajstić information content (AvgIpc) is 3.63. The number of hydrogen-bond acceptors (Lipinski definition) is 4. The van der Waals surface area contributed by atoms with Crippen LogP contribution < -0.4 is 4.74 Å². The van der Waals surface area contributed by atoms with Crippen molar-refractivity contribution in [2.24, 2.45) is 0 Å². The topological polar surface area (TPSA) is 63.7 Å². The van der Waals surface area contributed by atoms with Crippen LogP contribution in [0.5, 0.6) is 5.75 Å². The number of nitriles is 1. The predicted molar refractivity (Wildman–Crippen MR) is 128 cm³/mol. The molecular formula is C28H24N4O. The number of fused-ring (bicyclic) bond motifs is 3. The fourth-order valence-electron chi connectivity index (χ4n) is 4.82. The highest BCUT2D eigenvalue weighted by atomic mass is 16.5. The number of pyridine rings is 1. The third-order valence-corrected chi connectivity index (χ3v) is 6.67. The van der Waals surface area contributed by atoms with E-state index in [0.717, 1.165) is 57.1 Å². The first-order chi connectivity index (χ1) is 16.1. The molecule has 5 heteroatoms. The van der Waals surface area contributed by atoms with Gasteiger partial charge >= 0.3 is 0 Å². The van der Waals surface area contributed by atoms with Crippen molar-refractivity contribution in [1.82, 2.24) is 14.5 Å². The number of rotatable bonds is 3. The highest BCUT2D eigenvalue weighted by Gasteiger charge is 2.30. The van der Waals surface area contributed by atoms with E-state index in [9.17, 15) is 5.26 Å². The van der Waals surface area contributed by atoms with Gasteiger partial charge in [0.25, 0.3) is 0 Å². The molecule has 4 aromatic rings. The lowest BCUT2D eigenvalue weighted by Crippen LogP contribution is -2.07. The third-order valence-electron chi connectivity index (χ3n) is 6.67. The quantitative estimate of drug-likeness (QED) is 0.378. The summed E-state index contributed by atoms with van der Waals surface area (Å²) in [5.74, 6) is 2.49. The van der Waals surface area contributed by atoms with Gasteiger partial charge in [-0.15, -0.1) is 0 Å². The van der Waals surface area contributed by atoms with E-state index in [1.807, 2.05) is 43.5 Å². The molecule has 0 bridgehead atoms. The van der Waals surface area contributed by atoms with Crippen LogP contribution >= 0.6 is 0 Å². The van der Waals surface area contributed by atoms with Crippen LogP contribution in [-0.2, 0) is 13.2 Å². The van der Waals surface area contributed by atoms with Crippen molar-refractivity contribution >= 4 is 16.7 Å². The number of para-hydroxylation sites is 1. The zero-order valence-electron chi connectivity index (χ0n) is 18.8. The molecule has 0 atom stereocenters.